The molecule has 0 saturated carbocycles. The highest BCUT2D eigenvalue weighted by atomic mass is 35.5. The third kappa shape index (κ3) is 4.14. The van der Waals surface area contributed by atoms with E-state index in [1.54, 1.807) is 22.8 Å². The first-order valence-electron chi connectivity index (χ1n) is 8.58. The van der Waals surface area contributed by atoms with Crippen LogP contribution >= 0.6 is 11.6 Å². The summed E-state index contributed by atoms with van der Waals surface area (Å²) in [6, 6.07) is 11.1. The maximum atomic E-state index is 11.4. The van der Waals surface area contributed by atoms with Crippen LogP contribution in [0.2, 0.25) is 5.28 Å². The Kier molecular flexibility index (Phi) is 5.73. The first-order chi connectivity index (χ1) is 12.6. The van der Waals surface area contributed by atoms with Crippen LogP contribution < -0.4 is 4.74 Å². The number of nitrogens with zero attached hydrogens (tertiary/aromatic N) is 3. The normalized spacial score (nSPS) is 12.2. The molecular formula is C19H20ClN3O3. The van der Waals surface area contributed by atoms with Gasteiger partial charge >= 0.3 is 5.97 Å². The third-order valence-electron chi connectivity index (χ3n) is 4.14. The van der Waals surface area contributed by atoms with Gasteiger partial charge in [0.05, 0.1) is 17.4 Å². The molecule has 1 atom stereocenters. The Hall–Kier alpha value is -2.60. The van der Waals surface area contributed by atoms with Gasteiger partial charge in [0.2, 0.25) is 5.28 Å². The van der Waals surface area contributed by atoms with Crippen molar-refractivity contribution in [2.45, 2.75) is 38.7 Å². The Labute approximate surface area is 156 Å². The van der Waals surface area contributed by atoms with E-state index in [-0.39, 0.29) is 5.28 Å². The molecule has 0 spiro atoms. The molecule has 1 N–H and O–H groups in total. The lowest BCUT2D eigenvalue weighted by atomic mass is 10.1. The van der Waals surface area contributed by atoms with Crippen molar-refractivity contribution in [1.29, 1.82) is 0 Å². The quantitative estimate of drug-likeness (QED) is 0.590. The molecule has 7 heteroatoms. The zero-order chi connectivity index (χ0) is 18.5. The zero-order valence-electron chi connectivity index (χ0n) is 14.4. The van der Waals surface area contributed by atoms with Gasteiger partial charge in [0.25, 0.3) is 0 Å². The molecule has 0 fully saturated rings. The lowest BCUT2D eigenvalue weighted by Gasteiger charge is -2.15. The first-order valence-corrected chi connectivity index (χ1v) is 8.96. The van der Waals surface area contributed by atoms with Gasteiger partial charge in [-0.1, -0.05) is 19.8 Å². The van der Waals surface area contributed by atoms with E-state index in [1.165, 1.54) is 0 Å². The van der Waals surface area contributed by atoms with E-state index < -0.39 is 12.1 Å². The number of unbranched alkanes of at least 4 members (excludes halogenated alkanes) is 2. The van der Waals surface area contributed by atoms with Crippen molar-refractivity contribution in [3.8, 4) is 17.0 Å². The molecule has 1 unspecified atom stereocenters. The average molecular weight is 374 g/mol. The summed E-state index contributed by atoms with van der Waals surface area (Å²) in [6.45, 7) is 2.08. The molecule has 0 bridgehead atoms. The molecule has 2 heterocycles. The number of rotatable bonds is 8. The molecule has 0 amide bonds. The summed E-state index contributed by atoms with van der Waals surface area (Å²) >= 11 is 5.88. The SMILES string of the molecule is CCCCCC(Oc1ccc(-c2ccc3cnc(Cl)nn23)cc1)C(=O)O. The van der Waals surface area contributed by atoms with Crippen molar-refractivity contribution < 1.29 is 14.6 Å². The Balaban J connectivity index is 1.77. The first kappa shape index (κ1) is 18.2. The van der Waals surface area contributed by atoms with Gasteiger partial charge in [0.1, 0.15) is 5.75 Å². The summed E-state index contributed by atoms with van der Waals surface area (Å²) in [5.74, 6) is -0.403. The number of halogens is 1. The van der Waals surface area contributed by atoms with E-state index in [2.05, 4.69) is 17.0 Å². The van der Waals surface area contributed by atoms with Gasteiger partial charge in [-0.3, -0.25) is 0 Å². The van der Waals surface area contributed by atoms with Crippen LogP contribution in [-0.2, 0) is 4.79 Å². The molecule has 136 valence electrons. The molecule has 6 nitrogen and oxygen atoms in total. The summed E-state index contributed by atoms with van der Waals surface area (Å²) < 4.78 is 7.37. The van der Waals surface area contributed by atoms with Crippen LogP contribution in [0.15, 0.2) is 42.6 Å². The van der Waals surface area contributed by atoms with Crippen LogP contribution in [0.1, 0.15) is 32.6 Å². The number of carbonyl (C=O) groups is 1. The second kappa shape index (κ2) is 8.19. The van der Waals surface area contributed by atoms with Crippen LogP contribution in [-0.4, -0.2) is 31.8 Å². The maximum Gasteiger partial charge on any atom is 0.344 e. The fraction of sp³-hybridized carbons (Fsp3) is 0.316. The van der Waals surface area contributed by atoms with Crippen LogP contribution in [0, 0.1) is 0 Å². The largest absolute Gasteiger partial charge is 0.479 e. The molecule has 0 aliphatic rings. The van der Waals surface area contributed by atoms with Gasteiger partial charge < -0.3 is 9.84 Å². The molecule has 0 radical (unpaired) electrons. The van der Waals surface area contributed by atoms with Crippen molar-refractivity contribution in [2.24, 2.45) is 0 Å². The topological polar surface area (TPSA) is 76.7 Å². The van der Waals surface area contributed by atoms with E-state index in [0.717, 1.165) is 36.0 Å². The molecule has 0 saturated heterocycles. The van der Waals surface area contributed by atoms with Gasteiger partial charge in [-0.2, -0.15) is 0 Å². The Morgan fingerprint density at radius 1 is 1.23 bits per heavy atom. The van der Waals surface area contributed by atoms with Gasteiger partial charge in [-0.15, -0.1) is 5.10 Å². The fourth-order valence-electron chi connectivity index (χ4n) is 2.78. The highest BCUT2D eigenvalue weighted by Gasteiger charge is 2.19. The molecule has 2 aromatic heterocycles. The molecule has 1 aromatic carbocycles. The predicted molar refractivity (Wildman–Crippen MR) is 99.6 cm³/mol. The number of fused-ring (bicyclic) bond motifs is 1. The van der Waals surface area contributed by atoms with Crippen molar-refractivity contribution in [2.75, 3.05) is 0 Å². The second-order valence-corrected chi connectivity index (χ2v) is 6.39. The van der Waals surface area contributed by atoms with Gasteiger partial charge in [-0.05, 0) is 60.8 Å². The number of ether oxygens (including phenoxy) is 1. The van der Waals surface area contributed by atoms with Gasteiger partial charge in [-0.25, -0.2) is 14.3 Å². The highest BCUT2D eigenvalue weighted by molar-refractivity contribution is 6.28. The van der Waals surface area contributed by atoms with Crippen LogP contribution in [0.5, 0.6) is 5.75 Å². The predicted octanol–water partition coefficient (Wildman–Crippen LogP) is 4.46. The van der Waals surface area contributed by atoms with Crippen molar-refractivity contribution >= 4 is 23.1 Å². The number of hydrogen-bond donors (Lipinski definition) is 1. The minimum Gasteiger partial charge on any atom is -0.479 e. The van der Waals surface area contributed by atoms with Crippen molar-refractivity contribution in [1.82, 2.24) is 14.6 Å². The van der Waals surface area contributed by atoms with E-state index in [1.807, 2.05) is 24.3 Å². The number of carboxylic acid groups (broad SMARTS) is 1. The van der Waals surface area contributed by atoms with Crippen molar-refractivity contribution in [3.63, 3.8) is 0 Å². The number of benzene rings is 1. The highest BCUT2D eigenvalue weighted by Crippen LogP contribution is 2.25. The number of aliphatic carboxylic acids is 1. The van der Waals surface area contributed by atoms with E-state index >= 15 is 0 Å². The minimum absolute atomic E-state index is 0.172. The van der Waals surface area contributed by atoms with Crippen molar-refractivity contribution in [3.05, 3.63) is 47.9 Å². The molecular weight excluding hydrogens is 354 g/mol. The number of carboxylic acids is 1. The minimum atomic E-state index is -0.936. The molecule has 0 aliphatic heterocycles. The molecule has 3 aromatic rings. The molecule has 26 heavy (non-hydrogen) atoms. The average Bonchev–Trinajstić information content (AvgIpc) is 3.04. The molecule has 3 rings (SSSR count). The van der Waals surface area contributed by atoms with E-state index in [4.69, 9.17) is 16.3 Å². The summed E-state index contributed by atoms with van der Waals surface area (Å²) in [7, 11) is 0. The molecule has 0 aliphatic carbocycles. The summed E-state index contributed by atoms with van der Waals surface area (Å²) in [5, 5.41) is 13.7. The summed E-state index contributed by atoms with van der Waals surface area (Å²) in [5.41, 5.74) is 2.63. The third-order valence-corrected chi connectivity index (χ3v) is 4.32. The standard InChI is InChI=1S/C19H20ClN3O3/c1-2-3-4-5-17(18(24)25)26-15-9-6-13(7-10-15)16-11-8-14-12-21-19(20)22-23(14)16/h6-12,17H,2-5H2,1H3,(H,24,25). The Morgan fingerprint density at radius 3 is 2.69 bits per heavy atom. The van der Waals surface area contributed by atoms with Crippen LogP contribution in [0.4, 0.5) is 0 Å². The summed E-state index contributed by atoms with van der Waals surface area (Å²) in [6.07, 6.45) is 4.21. The monoisotopic (exact) mass is 373 g/mol. The fourth-order valence-corrected chi connectivity index (χ4v) is 2.91. The van der Waals surface area contributed by atoms with Gasteiger partial charge in [0, 0.05) is 5.56 Å². The number of hydrogen-bond acceptors (Lipinski definition) is 4. The Bertz CT molecular complexity index is 893. The van der Waals surface area contributed by atoms with Crippen LogP contribution in [0.3, 0.4) is 0 Å². The lowest BCUT2D eigenvalue weighted by Crippen LogP contribution is -2.26. The van der Waals surface area contributed by atoms with Crippen LogP contribution in [0.25, 0.3) is 16.8 Å². The van der Waals surface area contributed by atoms with E-state index in [0.29, 0.717) is 12.2 Å². The smallest absolute Gasteiger partial charge is 0.344 e. The number of aromatic nitrogens is 3. The lowest BCUT2D eigenvalue weighted by molar-refractivity contribution is -0.145. The maximum absolute atomic E-state index is 11.4. The Morgan fingerprint density at radius 2 is 2.00 bits per heavy atom. The second-order valence-electron chi connectivity index (χ2n) is 6.05. The zero-order valence-corrected chi connectivity index (χ0v) is 15.2. The van der Waals surface area contributed by atoms with Gasteiger partial charge in [0.15, 0.2) is 6.10 Å². The van der Waals surface area contributed by atoms with E-state index in [9.17, 15) is 9.90 Å². The summed E-state index contributed by atoms with van der Waals surface area (Å²) in [4.78, 5) is 15.3.